The molecule has 0 amide bonds. The van der Waals surface area contributed by atoms with Crippen molar-refractivity contribution in [1.82, 2.24) is 15.6 Å². The Morgan fingerprint density at radius 1 is 1.50 bits per heavy atom. The lowest BCUT2D eigenvalue weighted by atomic mass is 10.0. The van der Waals surface area contributed by atoms with Crippen LogP contribution >= 0.6 is 11.3 Å². The lowest BCUT2D eigenvalue weighted by Crippen LogP contribution is -2.36. The van der Waals surface area contributed by atoms with Crippen LogP contribution < -0.4 is 10.6 Å². The first-order chi connectivity index (χ1) is 8.74. The fraction of sp³-hybridized carbons (Fsp3) is 0.786. The summed E-state index contributed by atoms with van der Waals surface area (Å²) in [6.07, 6.45) is 8.69. The normalized spacial score (nSPS) is 22.7. The number of thiazole rings is 1. The lowest BCUT2D eigenvalue weighted by molar-refractivity contribution is 0.403. The van der Waals surface area contributed by atoms with E-state index in [1.807, 2.05) is 6.20 Å². The van der Waals surface area contributed by atoms with Crippen molar-refractivity contribution in [3.05, 3.63) is 16.1 Å². The van der Waals surface area contributed by atoms with E-state index in [-0.39, 0.29) is 0 Å². The predicted octanol–water partition coefficient (Wildman–Crippen LogP) is 2.85. The highest BCUT2D eigenvalue weighted by Crippen LogP contribution is 2.14. The van der Waals surface area contributed by atoms with Crippen molar-refractivity contribution in [2.45, 2.75) is 64.6 Å². The summed E-state index contributed by atoms with van der Waals surface area (Å²) in [5.74, 6) is 0. The number of aromatic nitrogens is 1. The van der Waals surface area contributed by atoms with E-state index < -0.39 is 0 Å². The van der Waals surface area contributed by atoms with Gasteiger partial charge in [0.15, 0.2) is 0 Å². The topological polar surface area (TPSA) is 37.0 Å². The Balaban J connectivity index is 1.69. The van der Waals surface area contributed by atoms with E-state index in [9.17, 15) is 0 Å². The fourth-order valence-electron chi connectivity index (χ4n) is 2.57. The average molecular weight is 267 g/mol. The first-order valence-electron chi connectivity index (χ1n) is 7.12. The molecule has 1 aromatic heterocycles. The average Bonchev–Trinajstić information content (AvgIpc) is 2.60. The van der Waals surface area contributed by atoms with Crippen LogP contribution in [0.4, 0.5) is 0 Å². The molecule has 1 aliphatic rings. The molecular formula is C14H25N3S. The fourth-order valence-corrected chi connectivity index (χ4v) is 3.32. The molecule has 0 saturated carbocycles. The second-order valence-electron chi connectivity index (χ2n) is 5.36. The maximum Gasteiger partial charge on any atom is 0.0897 e. The molecule has 1 aromatic rings. The third kappa shape index (κ3) is 4.67. The van der Waals surface area contributed by atoms with Gasteiger partial charge >= 0.3 is 0 Å². The minimum Gasteiger partial charge on any atom is -0.314 e. The molecule has 2 heterocycles. The van der Waals surface area contributed by atoms with Gasteiger partial charge in [-0.2, -0.15) is 0 Å². The van der Waals surface area contributed by atoms with Crippen molar-refractivity contribution in [3.63, 3.8) is 0 Å². The molecule has 0 aliphatic carbocycles. The highest BCUT2D eigenvalue weighted by molar-refractivity contribution is 7.11. The van der Waals surface area contributed by atoms with Gasteiger partial charge in [-0.3, -0.25) is 0 Å². The van der Waals surface area contributed by atoms with E-state index in [1.54, 1.807) is 11.3 Å². The molecule has 0 bridgehead atoms. The molecule has 18 heavy (non-hydrogen) atoms. The number of hydrogen-bond donors (Lipinski definition) is 2. The van der Waals surface area contributed by atoms with Gasteiger partial charge in [0.05, 0.1) is 5.01 Å². The standard InChI is InChI=1S/C14H25N3S/c1-11(8-13-6-4-3-5-7-15-13)16-9-14-10-17-12(2)18-14/h10-11,13,15-16H,3-9H2,1-2H3. The Morgan fingerprint density at radius 2 is 2.39 bits per heavy atom. The quantitative estimate of drug-likeness (QED) is 0.861. The Kier molecular flexibility index (Phi) is 5.60. The van der Waals surface area contributed by atoms with Gasteiger partial charge < -0.3 is 10.6 Å². The van der Waals surface area contributed by atoms with Gasteiger partial charge in [0.1, 0.15) is 0 Å². The van der Waals surface area contributed by atoms with Crippen LogP contribution in [0, 0.1) is 6.92 Å². The molecule has 0 radical (unpaired) electrons. The predicted molar refractivity (Wildman–Crippen MR) is 78.0 cm³/mol. The molecule has 0 spiro atoms. The molecule has 1 aliphatic heterocycles. The van der Waals surface area contributed by atoms with Crippen molar-refractivity contribution in [2.24, 2.45) is 0 Å². The SMILES string of the molecule is Cc1ncc(CNC(C)CC2CCCCCN2)s1. The smallest absolute Gasteiger partial charge is 0.0897 e. The van der Waals surface area contributed by atoms with Crippen LogP contribution in [0.5, 0.6) is 0 Å². The lowest BCUT2D eigenvalue weighted by Gasteiger charge is -2.21. The van der Waals surface area contributed by atoms with Gasteiger partial charge in [0.2, 0.25) is 0 Å². The molecule has 4 heteroatoms. The van der Waals surface area contributed by atoms with E-state index >= 15 is 0 Å². The Bertz CT molecular complexity index is 343. The van der Waals surface area contributed by atoms with Crippen molar-refractivity contribution in [1.29, 1.82) is 0 Å². The number of hydrogen-bond acceptors (Lipinski definition) is 4. The molecule has 102 valence electrons. The summed E-state index contributed by atoms with van der Waals surface area (Å²) >= 11 is 1.79. The second-order valence-corrected chi connectivity index (χ2v) is 6.68. The van der Waals surface area contributed by atoms with Gasteiger partial charge in [0.25, 0.3) is 0 Å². The van der Waals surface area contributed by atoms with Gasteiger partial charge in [-0.15, -0.1) is 11.3 Å². The first kappa shape index (κ1) is 14.0. The van der Waals surface area contributed by atoms with Crippen LogP contribution in [0.2, 0.25) is 0 Å². The summed E-state index contributed by atoms with van der Waals surface area (Å²) in [5, 5.41) is 8.43. The minimum atomic E-state index is 0.572. The summed E-state index contributed by atoms with van der Waals surface area (Å²) in [6.45, 7) is 6.51. The minimum absolute atomic E-state index is 0.572. The van der Waals surface area contributed by atoms with Crippen LogP contribution in [0.15, 0.2) is 6.20 Å². The zero-order chi connectivity index (χ0) is 12.8. The second kappa shape index (κ2) is 7.22. The van der Waals surface area contributed by atoms with Crippen LogP contribution in [-0.2, 0) is 6.54 Å². The molecule has 3 nitrogen and oxygen atoms in total. The molecule has 2 N–H and O–H groups in total. The van der Waals surface area contributed by atoms with Crippen molar-refractivity contribution < 1.29 is 0 Å². The maximum absolute atomic E-state index is 4.29. The highest BCUT2D eigenvalue weighted by Gasteiger charge is 2.14. The third-order valence-corrected chi connectivity index (χ3v) is 4.51. The molecule has 1 fully saturated rings. The summed E-state index contributed by atoms with van der Waals surface area (Å²) in [6, 6.07) is 1.28. The van der Waals surface area contributed by atoms with Gasteiger partial charge in [-0.05, 0) is 39.7 Å². The van der Waals surface area contributed by atoms with E-state index in [4.69, 9.17) is 0 Å². The molecular weight excluding hydrogens is 242 g/mol. The molecule has 2 atom stereocenters. The van der Waals surface area contributed by atoms with E-state index in [0.29, 0.717) is 12.1 Å². The highest BCUT2D eigenvalue weighted by atomic mass is 32.1. The van der Waals surface area contributed by atoms with Gasteiger partial charge in [-0.1, -0.05) is 12.8 Å². The van der Waals surface area contributed by atoms with Crippen molar-refractivity contribution >= 4 is 11.3 Å². The van der Waals surface area contributed by atoms with Crippen LogP contribution in [0.1, 0.15) is 48.9 Å². The first-order valence-corrected chi connectivity index (χ1v) is 7.94. The van der Waals surface area contributed by atoms with Gasteiger partial charge in [0, 0.05) is 29.7 Å². The van der Waals surface area contributed by atoms with Crippen molar-refractivity contribution in [2.75, 3.05) is 6.54 Å². The van der Waals surface area contributed by atoms with Crippen molar-refractivity contribution in [3.8, 4) is 0 Å². The Hall–Kier alpha value is -0.450. The summed E-state index contributed by atoms with van der Waals surface area (Å²) in [5.41, 5.74) is 0. The zero-order valence-corrected chi connectivity index (χ0v) is 12.4. The molecule has 0 aromatic carbocycles. The zero-order valence-electron chi connectivity index (χ0n) is 11.5. The number of aryl methyl sites for hydroxylation is 1. The number of rotatable bonds is 5. The molecule has 2 unspecified atom stereocenters. The maximum atomic E-state index is 4.29. The van der Waals surface area contributed by atoms with Gasteiger partial charge in [-0.25, -0.2) is 4.98 Å². The van der Waals surface area contributed by atoms with E-state index in [1.165, 1.54) is 43.5 Å². The van der Waals surface area contributed by atoms with Crippen LogP contribution in [0.25, 0.3) is 0 Å². The monoisotopic (exact) mass is 267 g/mol. The van der Waals surface area contributed by atoms with E-state index in [2.05, 4.69) is 29.5 Å². The van der Waals surface area contributed by atoms with Crippen LogP contribution in [0.3, 0.4) is 0 Å². The Morgan fingerprint density at radius 3 is 3.17 bits per heavy atom. The molecule has 2 rings (SSSR count). The summed E-state index contributed by atoms with van der Waals surface area (Å²) in [4.78, 5) is 5.63. The Labute approximate surface area is 114 Å². The summed E-state index contributed by atoms with van der Waals surface area (Å²) < 4.78 is 0. The molecule has 1 saturated heterocycles. The van der Waals surface area contributed by atoms with E-state index in [0.717, 1.165) is 11.6 Å². The van der Waals surface area contributed by atoms with Crippen LogP contribution in [-0.4, -0.2) is 23.6 Å². The number of nitrogens with one attached hydrogen (secondary N) is 2. The largest absolute Gasteiger partial charge is 0.314 e. The number of nitrogens with zero attached hydrogens (tertiary/aromatic N) is 1. The summed E-state index contributed by atoms with van der Waals surface area (Å²) in [7, 11) is 0. The third-order valence-electron chi connectivity index (χ3n) is 3.59.